The van der Waals surface area contributed by atoms with Crippen molar-refractivity contribution in [3.63, 3.8) is 0 Å². The normalized spacial score (nSPS) is 11.3. The molecule has 6 rings (SSSR count). The maximum atomic E-state index is 9.80. The van der Waals surface area contributed by atoms with Gasteiger partial charge >= 0.3 is 0 Å². The van der Waals surface area contributed by atoms with Gasteiger partial charge in [-0.2, -0.15) is 5.26 Å². The summed E-state index contributed by atoms with van der Waals surface area (Å²) in [6, 6.07) is 26.4. The van der Waals surface area contributed by atoms with Gasteiger partial charge in [0.15, 0.2) is 5.65 Å². The lowest BCUT2D eigenvalue weighted by Gasteiger charge is -2.11. The van der Waals surface area contributed by atoms with Crippen LogP contribution < -0.4 is 0 Å². The Morgan fingerprint density at radius 2 is 1.73 bits per heavy atom. The highest BCUT2D eigenvalue weighted by Gasteiger charge is 2.15. The molecule has 0 unspecified atom stereocenters. The lowest BCUT2D eigenvalue weighted by molar-refractivity contribution is 0.745. The van der Waals surface area contributed by atoms with E-state index in [4.69, 9.17) is 9.97 Å². The van der Waals surface area contributed by atoms with E-state index in [2.05, 4.69) is 65.1 Å². The molecule has 0 fully saturated rings. The van der Waals surface area contributed by atoms with Crippen molar-refractivity contribution in [3.05, 3.63) is 101 Å². The maximum absolute atomic E-state index is 9.80. The fourth-order valence-corrected chi connectivity index (χ4v) is 4.92. The molecule has 0 amide bonds. The number of benzene rings is 3. The lowest BCUT2D eigenvalue weighted by atomic mass is 9.98. The van der Waals surface area contributed by atoms with Gasteiger partial charge in [-0.25, -0.2) is 14.6 Å². The van der Waals surface area contributed by atoms with Crippen LogP contribution in [0.5, 0.6) is 0 Å². The third-order valence-electron chi connectivity index (χ3n) is 6.74. The van der Waals surface area contributed by atoms with E-state index < -0.39 is 0 Å². The molecule has 3 heterocycles. The van der Waals surface area contributed by atoms with Crippen LogP contribution >= 0.6 is 0 Å². The summed E-state index contributed by atoms with van der Waals surface area (Å²) in [7, 11) is 0. The predicted octanol–water partition coefficient (Wildman–Crippen LogP) is 5.93. The molecule has 0 atom stereocenters. The SMILES string of the molecule is CCc1nc2c(C)cc(C)nc2n1Cc1ccc(-c2cc(-n3nnc4ccccc43)ccc2C#N)cc1. The number of hydrogen-bond donors (Lipinski definition) is 0. The van der Waals surface area contributed by atoms with Crippen LogP contribution in [0.25, 0.3) is 39.0 Å². The van der Waals surface area contributed by atoms with Crippen molar-refractivity contribution in [1.82, 2.24) is 29.5 Å². The molecule has 3 aromatic carbocycles. The Morgan fingerprint density at radius 3 is 2.51 bits per heavy atom. The maximum Gasteiger partial charge on any atom is 0.160 e. The van der Waals surface area contributed by atoms with Gasteiger partial charge in [0.1, 0.15) is 16.9 Å². The summed E-state index contributed by atoms with van der Waals surface area (Å²) in [4.78, 5) is 9.66. The third kappa shape index (κ3) is 3.93. The molecule has 0 spiro atoms. The van der Waals surface area contributed by atoms with Crippen molar-refractivity contribution in [2.75, 3.05) is 0 Å². The Kier molecular flexibility index (Phi) is 5.50. The second-order valence-electron chi connectivity index (χ2n) is 9.25. The van der Waals surface area contributed by atoms with Gasteiger partial charge in [0.25, 0.3) is 0 Å². The number of aryl methyl sites for hydroxylation is 3. The minimum atomic E-state index is 0.616. The largest absolute Gasteiger partial charge is 0.308 e. The van der Waals surface area contributed by atoms with E-state index in [1.54, 1.807) is 0 Å². The van der Waals surface area contributed by atoms with Gasteiger partial charge in [-0.1, -0.05) is 48.5 Å². The van der Waals surface area contributed by atoms with E-state index in [-0.39, 0.29) is 0 Å². The second kappa shape index (κ2) is 8.99. The van der Waals surface area contributed by atoms with E-state index in [0.29, 0.717) is 12.1 Å². The molecule has 7 heteroatoms. The molecule has 0 N–H and O–H groups in total. The number of imidazole rings is 1. The van der Waals surface area contributed by atoms with Crippen LogP contribution in [-0.2, 0) is 13.0 Å². The topological polar surface area (TPSA) is 85.2 Å². The fraction of sp³-hybridized carbons (Fsp3) is 0.167. The van der Waals surface area contributed by atoms with Crippen LogP contribution in [0.15, 0.2) is 72.8 Å². The van der Waals surface area contributed by atoms with Crippen LogP contribution in [0.3, 0.4) is 0 Å². The number of rotatable bonds is 5. The zero-order valence-corrected chi connectivity index (χ0v) is 21.0. The highest BCUT2D eigenvalue weighted by molar-refractivity contribution is 5.78. The van der Waals surface area contributed by atoms with E-state index in [0.717, 1.165) is 68.1 Å². The van der Waals surface area contributed by atoms with Crippen LogP contribution in [0.2, 0.25) is 0 Å². The van der Waals surface area contributed by atoms with Crippen molar-refractivity contribution in [2.24, 2.45) is 0 Å². The molecule has 0 saturated heterocycles. The van der Waals surface area contributed by atoms with Crippen molar-refractivity contribution < 1.29 is 0 Å². The summed E-state index contributed by atoms with van der Waals surface area (Å²) in [5, 5.41) is 18.4. The first-order chi connectivity index (χ1) is 18.1. The van der Waals surface area contributed by atoms with Crippen LogP contribution in [0, 0.1) is 25.2 Å². The minimum absolute atomic E-state index is 0.616. The molecule has 3 aromatic heterocycles. The molecular weight excluding hydrogens is 458 g/mol. The predicted molar refractivity (Wildman–Crippen MR) is 144 cm³/mol. The molecule has 0 aliphatic carbocycles. The Morgan fingerprint density at radius 1 is 0.919 bits per heavy atom. The Hall–Kier alpha value is -4.83. The third-order valence-corrected chi connectivity index (χ3v) is 6.74. The van der Waals surface area contributed by atoms with Crippen molar-refractivity contribution in [2.45, 2.75) is 33.7 Å². The van der Waals surface area contributed by atoms with E-state index in [1.165, 1.54) is 0 Å². The van der Waals surface area contributed by atoms with E-state index >= 15 is 0 Å². The zero-order valence-electron chi connectivity index (χ0n) is 21.0. The van der Waals surface area contributed by atoms with Crippen LogP contribution in [0.1, 0.15) is 35.1 Å². The number of nitriles is 1. The number of hydrogen-bond acceptors (Lipinski definition) is 5. The number of aromatic nitrogens is 6. The molecule has 0 aliphatic heterocycles. The van der Waals surface area contributed by atoms with Gasteiger partial charge in [-0.05, 0) is 66.9 Å². The molecule has 0 bridgehead atoms. The fourth-order valence-electron chi connectivity index (χ4n) is 4.92. The summed E-state index contributed by atoms with van der Waals surface area (Å²) < 4.78 is 4.02. The standard InChI is InChI=1S/C30H25N7/c1-4-28-33-29-19(2)15-20(3)32-30(29)36(28)18-21-9-11-22(12-10-21)25-16-24(14-13-23(25)17-31)37-27-8-6-5-7-26(27)34-35-37/h5-16H,4,18H2,1-3H3. The summed E-state index contributed by atoms with van der Waals surface area (Å²) in [5.74, 6) is 1.03. The summed E-state index contributed by atoms with van der Waals surface area (Å²) in [6.07, 6.45) is 0.836. The Bertz CT molecular complexity index is 1820. The van der Waals surface area contributed by atoms with E-state index in [9.17, 15) is 5.26 Å². The minimum Gasteiger partial charge on any atom is -0.308 e. The molecule has 0 aliphatic rings. The van der Waals surface area contributed by atoms with Gasteiger partial charge in [0.05, 0.1) is 29.4 Å². The monoisotopic (exact) mass is 483 g/mol. The molecule has 180 valence electrons. The molecule has 37 heavy (non-hydrogen) atoms. The molecule has 6 aromatic rings. The average Bonchev–Trinajstić information content (AvgIpc) is 3.51. The quantitative estimate of drug-likeness (QED) is 0.303. The average molecular weight is 484 g/mol. The molecule has 0 saturated carbocycles. The van der Waals surface area contributed by atoms with Gasteiger partial charge in [-0.15, -0.1) is 5.10 Å². The molecular formula is C30H25N7. The first-order valence-electron chi connectivity index (χ1n) is 12.3. The number of nitrogens with zero attached hydrogens (tertiary/aromatic N) is 7. The second-order valence-corrected chi connectivity index (χ2v) is 9.25. The molecule has 7 nitrogen and oxygen atoms in total. The van der Waals surface area contributed by atoms with Gasteiger partial charge in [0, 0.05) is 17.7 Å². The number of para-hydroxylation sites is 1. The van der Waals surface area contributed by atoms with Gasteiger partial charge < -0.3 is 4.57 Å². The van der Waals surface area contributed by atoms with Gasteiger partial charge in [0.2, 0.25) is 0 Å². The first-order valence-corrected chi connectivity index (χ1v) is 12.3. The van der Waals surface area contributed by atoms with Crippen molar-refractivity contribution in [1.29, 1.82) is 5.26 Å². The Balaban J connectivity index is 1.37. The van der Waals surface area contributed by atoms with Crippen molar-refractivity contribution in [3.8, 4) is 22.9 Å². The van der Waals surface area contributed by atoms with Crippen molar-refractivity contribution >= 4 is 22.2 Å². The summed E-state index contributed by atoms with van der Waals surface area (Å²) >= 11 is 0. The van der Waals surface area contributed by atoms with E-state index in [1.807, 2.05) is 54.1 Å². The highest BCUT2D eigenvalue weighted by Crippen LogP contribution is 2.28. The van der Waals surface area contributed by atoms with Gasteiger partial charge in [-0.3, -0.25) is 0 Å². The molecule has 0 radical (unpaired) electrons. The van der Waals surface area contributed by atoms with Crippen LogP contribution in [-0.4, -0.2) is 29.5 Å². The summed E-state index contributed by atoms with van der Waals surface area (Å²) in [5.41, 5.74) is 10.3. The van der Waals surface area contributed by atoms with Crippen LogP contribution in [0.4, 0.5) is 0 Å². The number of pyridine rings is 1. The summed E-state index contributed by atoms with van der Waals surface area (Å²) in [6.45, 7) is 6.92. The number of fused-ring (bicyclic) bond motifs is 2. The Labute approximate surface area is 214 Å². The highest BCUT2D eigenvalue weighted by atomic mass is 15.4. The first kappa shape index (κ1) is 22.6. The lowest BCUT2D eigenvalue weighted by Crippen LogP contribution is -2.05. The smallest absolute Gasteiger partial charge is 0.160 e. The zero-order chi connectivity index (χ0) is 25.5.